The highest BCUT2D eigenvalue weighted by Crippen LogP contribution is 2.23. The van der Waals surface area contributed by atoms with Crippen LogP contribution in [0.15, 0.2) is 0 Å². The molecule has 3 heteroatoms. The molecule has 1 heterocycles. The first-order valence-electron chi connectivity index (χ1n) is 5.30. The smallest absolute Gasteiger partial charge is 0.228 e. The number of likely N-dealkylation sites (tertiary alicyclic amines) is 1. The number of β-amino-alcohol motifs (C(OH)–C–C–N with tert-alkyl or cyclic N) is 1. The molecule has 1 amide bonds. The Morgan fingerprint density at radius 1 is 1.43 bits per heavy atom. The monoisotopic (exact) mass is 199 g/mol. The third-order valence-electron chi connectivity index (χ3n) is 2.85. The Balaban J connectivity index is 2.59. The van der Waals surface area contributed by atoms with Gasteiger partial charge in [-0.3, -0.25) is 4.79 Å². The van der Waals surface area contributed by atoms with E-state index < -0.39 is 0 Å². The number of amides is 1. The van der Waals surface area contributed by atoms with Crippen LogP contribution in [0.2, 0.25) is 0 Å². The molecule has 3 nitrogen and oxygen atoms in total. The predicted molar refractivity (Wildman–Crippen MR) is 55.8 cm³/mol. The third-order valence-corrected chi connectivity index (χ3v) is 2.85. The van der Waals surface area contributed by atoms with Gasteiger partial charge in [-0.1, -0.05) is 27.7 Å². The van der Waals surface area contributed by atoms with Crippen molar-refractivity contribution in [3.63, 3.8) is 0 Å². The number of aliphatic hydroxyl groups is 1. The lowest BCUT2D eigenvalue weighted by Gasteiger charge is -2.37. The van der Waals surface area contributed by atoms with Crippen molar-refractivity contribution in [2.45, 2.75) is 40.2 Å². The van der Waals surface area contributed by atoms with Gasteiger partial charge in [-0.25, -0.2) is 0 Å². The van der Waals surface area contributed by atoms with E-state index in [4.69, 9.17) is 0 Å². The van der Waals surface area contributed by atoms with E-state index >= 15 is 0 Å². The van der Waals surface area contributed by atoms with Crippen molar-refractivity contribution in [2.24, 2.45) is 11.3 Å². The van der Waals surface area contributed by atoms with Crippen LogP contribution in [0.1, 0.15) is 34.1 Å². The maximum Gasteiger partial charge on any atom is 0.228 e. The Hall–Kier alpha value is -0.570. The number of rotatable bonds is 0. The van der Waals surface area contributed by atoms with Gasteiger partial charge in [-0.15, -0.1) is 0 Å². The number of carbonyl (C=O) groups excluding carboxylic acids is 1. The minimum Gasteiger partial charge on any atom is -0.391 e. The number of aliphatic hydroxyl groups excluding tert-OH is 1. The lowest BCUT2D eigenvalue weighted by atomic mass is 9.90. The largest absolute Gasteiger partial charge is 0.391 e. The maximum atomic E-state index is 11.9. The minimum absolute atomic E-state index is 0.142. The van der Waals surface area contributed by atoms with Gasteiger partial charge >= 0.3 is 0 Å². The number of carbonyl (C=O) groups is 1. The van der Waals surface area contributed by atoms with E-state index in [9.17, 15) is 9.90 Å². The quantitative estimate of drug-likeness (QED) is 0.638. The molecule has 0 saturated carbocycles. The van der Waals surface area contributed by atoms with Gasteiger partial charge in [0, 0.05) is 18.5 Å². The van der Waals surface area contributed by atoms with Crippen LogP contribution in [0.5, 0.6) is 0 Å². The van der Waals surface area contributed by atoms with Crippen LogP contribution in [-0.4, -0.2) is 35.1 Å². The Kier molecular flexibility index (Phi) is 3.20. The van der Waals surface area contributed by atoms with Gasteiger partial charge in [0.2, 0.25) is 5.91 Å². The zero-order chi connectivity index (χ0) is 10.9. The Morgan fingerprint density at radius 2 is 2.00 bits per heavy atom. The maximum absolute atomic E-state index is 11.9. The lowest BCUT2D eigenvalue weighted by molar-refractivity contribution is -0.143. The summed E-state index contributed by atoms with van der Waals surface area (Å²) in [6, 6.07) is 0. The van der Waals surface area contributed by atoms with Gasteiger partial charge in [-0.05, 0) is 12.3 Å². The summed E-state index contributed by atoms with van der Waals surface area (Å²) >= 11 is 0. The SMILES string of the molecule is CC1CCN(C(=O)C(C)(C)C)CC1O. The van der Waals surface area contributed by atoms with Crippen LogP contribution in [-0.2, 0) is 4.79 Å². The zero-order valence-electron chi connectivity index (χ0n) is 9.58. The molecule has 0 aromatic heterocycles. The highest BCUT2D eigenvalue weighted by molar-refractivity contribution is 5.81. The number of piperidine rings is 1. The summed E-state index contributed by atoms with van der Waals surface area (Å²) < 4.78 is 0. The Bertz CT molecular complexity index is 220. The van der Waals surface area contributed by atoms with E-state index in [1.165, 1.54) is 0 Å². The van der Waals surface area contributed by atoms with Crippen molar-refractivity contribution in [1.82, 2.24) is 4.90 Å². The minimum atomic E-state index is -0.352. The molecule has 0 aromatic rings. The van der Waals surface area contributed by atoms with Gasteiger partial charge in [0.15, 0.2) is 0 Å². The summed E-state index contributed by atoms with van der Waals surface area (Å²) in [5, 5.41) is 9.67. The van der Waals surface area contributed by atoms with E-state index in [1.54, 1.807) is 4.90 Å². The number of hydrogen-bond donors (Lipinski definition) is 1. The topological polar surface area (TPSA) is 40.5 Å². The molecule has 2 atom stereocenters. The fourth-order valence-corrected chi connectivity index (χ4v) is 1.71. The summed E-state index contributed by atoms with van der Waals surface area (Å²) in [5.74, 6) is 0.461. The first-order chi connectivity index (χ1) is 6.32. The summed E-state index contributed by atoms with van der Waals surface area (Å²) in [4.78, 5) is 13.7. The van der Waals surface area contributed by atoms with Crippen LogP contribution in [0.25, 0.3) is 0 Å². The second-order valence-electron chi connectivity index (χ2n) is 5.33. The van der Waals surface area contributed by atoms with Crippen LogP contribution >= 0.6 is 0 Å². The molecular formula is C11H21NO2. The molecule has 2 unspecified atom stereocenters. The van der Waals surface area contributed by atoms with Crippen LogP contribution in [0, 0.1) is 11.3 Å². The van der Waals surface area contributed by atoms with Gasteiger partial charge < -0.3 is 10.0 Å². The van der Waals surface area contributed by atoms with Crippen LogP contribution in [0.3, 0.4) is 0 Å². The summed E-state index contributed by atoms with van der Waals surface area (Å²) in [7, 11) is 0. The van der Waals surface area contributed by atoms with Crippen molar-refractivity contribution >= 4 is 5.91 Å². The first-order valence-corrected chi connectivity index (χ1v) is 5.30. The van der Waals surface area contributed by atoms with E-state index in [0.717, 1.165) is 13.0 Å². The van der Waals surface area contributed by atoms with Crippen LogP contribution in [0.4, 0.5) is 0 Å². The second-order valence-corrected chi connectivity index (χ2v) is 5.33. The van der Waals surface area contributed by atoms with Gasteiger partial charge in [0.25, 0.3) is 0 Å². The van der Waals surface area contributed by atoms with Crippen molar-refractivity contribution < 1.29 is 9.90 Å². The lowest BCUT2D eigenvalue weighted by Crippen LogP contribution is -2.49. The molecule has 0 aromatic carbocycles. The highest BCUT2D eigenvalue weighted by Gasteiger charge is 2.32. The highest BCUT2D eigenvalue weighted by atomic mass is 16.3. The molecule has 1 aliphatic rings. The van der Waals surface area contributed by atoms with E-state index in [2.05, 4.69) is 0 Å². The summed E-state index contributed by atoms with van der Waals surface area (Å²) in [5.41, 5.74) is -0.333. The molecule has 0 radical (unpaired) electrons. The molecule has 14 heavy (non-hydrogen) atoms. The van der Waals surface area contributed by atoms with E-state index in [0.29, 0.717) is 12.5 Å². The third kappa shape index (κ3) is 2.47. The Labute approximate surface area is 86.1 Å². The normalized spacial score (nSPS) is 29.1. The first kappa shape index (κ1) is 11.5. The fraction of sp³-hybridized carbons (Fsp3) is 0.909. The fourth-order valence-electron chi connectivity index (χ4n) is 1.71. The van der Waals surface area contributed by atoms with E-state index in [-0.39, 0.29) is 17.4 Å². The predicted octanol–water partition coefficient (Wildman–Crippen LogP) is 1.26. The molecule has 1 aliphatic heterocycles. The summed E-state index contributed by atoms with van der Waals surface area (Å²) in [6.45, 7) is 9.06. The van der Waals surface area contributed by atoms with Gasteiger partial charge in [-0.2, -0.15) is 0 Å². The van der Waals surface area contributed by atoms with Crippen molar-refractivity contribution in [3.8, 4) is 0 Å². The van der Waals surface area contributed by atoms with Crippen molar-refractivity contribution in [3.05, 3.63) is 0 Å². The molecule has 0 spiro atoms. The molecule has 1 rings (SSSR count). The molecule has 0 aliphatic carbocycles. The second kappa shape index (κ2) is 3.89. The number of nitrogens with zero attached hydrogens (tertiary/aromatic N) is 1. The van der Waals surface area contributed by atoms with Gasteiger partial charge in [0.1, 0.15) is 0 Å². The number of hydrogen-bond acceptors (Lipinski definition) is 2. The van der Waals surface area contributed by atoms with Gasteiger partial charge in [0.05, 0.1) is 6.10 Å². The molecule has 1 saturated heterocycles. The molecular weight excluding hydrogens is 178 g/mol. The average molecular weight is 199 g/mol. The standard InChI is InChI=1S/C11H21NO2/c1-8-5-6-12(7-9(8)13)10(14)11(2,3)4/h8-9,13H,5-7H2,1-4H3. The summed E-state index contributed by atoms with van der Waals surface area (Å²) in [6.07, 6.45) is 0.554. The molecule has 0 bridgehead atoms. The Morgan fingerprint density at radius 3 is 2.43 bits per heavy atom. The van der Waals surface area contributed by atoms with Crippen LogP contribution < -0.4 is 0 Å². The van der Waals surface area contributed by atoms with Crippen molar-refractivity contribution in [1.29, 1.82) is 0 Å². The zero-order valence-corrected chi connectivity index (χ0v) is 9.58. The average Bonchev–Trinajstić information content (AvgIpc) is 2.07. The molecule has 1 N–H and O–H groups in total. The van der Waals surface area contributed by atoms with E-state index in [1.807, 2.05) is 27.7 Å². The molecule has 1 fully saturated rings. The van der Waals surface area contributed by atoms with Crippen molar-refractivity contribution in [2.75, 3.05) is 13.1 Å². The molecule has 82 valence electrons.